The minimum Gasteiger partial charge on any atom is -0.507 e. The number of hydrogen-bond donors (Lipinski definition) is 1. The lowest BCUT2D eigenvalue weighted by molar-refractivity contribution is -0.142. The molecule has 0 atom stereocenters. The summed E-state index contributed by atoms with van der Waals surface area (Å²) >= 11 is 0. The normalized spacial score (nSPS) is 13.7. The first-order valence-electron chi connectivity index (χ1n) is 13.7. The molecule has 3 aromatic carbocycles. The van der Waals surface area contributed by atoms with E-state index in [1.807, 2.05) is 30.3 Å². The number of aliphatic hydroxyl groups is 1. The number of aliphatic hydroxyl groups excluding tert-OH is 1. The zero-order valence-corrected chi connectivity index (χ0v) is 23.4. The van der Waals surface area contributed by atoms with Gasteiger partial charge in [0.15, 0.2) is 0 Å². The Labute approximate surface area is 249 Å². The average Bonchev–Trinajstić information content (AvgIpc) is 3.01. The number of hydrogen-bond acceptors (Lipinski definition) is 5. The molecule has 226 valence electrons. The van der Waals surface area contributed by atoms with Gasteiger partial charge in [-0.2, -0.15) is 0 Å². The molecule has 0 radical (unpaired) electrons. The summed E-state index contributed by atoms with van der Waals surface area (Å²) in [6.07, 6.45) is 1.39. The van der Waals surface area contributed by atoms with Crippen molar-refractivity contribution in [3.63, 3.8) is 0 Å². The average molecular weight is 606 g/mol. The Morgan fingerprint density at radius 3 is 2.11 bits per heavy atom. The van der Waals surface area contributed by atoms with Crippen LogP contribution in [-0.4, -0.2) is 52.4 Å². The number of halogens is 4. The number of carbonyl (C=O) groups is 2. The Morgan fingerprint density at radius 2 is 1.45 bits per heavy atom. The first kappa shape index (κ1) is 30.3. The van der Waals surface area contributed by atoms with Crippen LogP contribution in [0.1, 0.15) is 22.3 Å². The Hall–Kier alpha value is -5.19. The highest BCUT2D eigenvalue weighted by Gasteiger charge is 2.26. The number of benzene rings is 3. The highest BCUT2D eigenvalue weighted by molar-refractivity contribution is 6.41. The molecule has 0 saturated carbocycles. The number of anilines is 1. The quantitative estimate of drug-likeness (QED) is 0.134. The third-order valence-electron chi connectivity index (χ3n) is 7.37. The van der Waals surface area contributed by atoms with Crippen LogP contribution in [0.25, 0.3) is 5.76 Å². The van der Waals surface area contributed by atoms with Gasteiger partial charge in [-0.15, -0.1) is 0 Å². The summed E-state index contributed by atoms with van der Waals surface area (Å²) in [5.41, 5.74) is -0.607. The first-order chi connectivity index (χ1) is 21.1. The van der Waals surface area contributed by atoms with Crippen LogP contribution >= 0.6 is 0 Å². The van der Waals surface area contributed by atoms with E-state index in [4.69, 9.17) is 0 Å². The third-order valence-corrected chi connectivity index (χ3v) is 7.37. The SMILES string of the molecule is O=C(/C=C(\O)c1cc(Cc2c(F)cc(F)cc2F)cn(Cc2ccccc2F)c1=O)C(=O)N1CCN(c2ccccc2)CC1. The monoisotopic (exact) mass is 605 g/mol. The smallest absolute Gasteiger partial charge is 0.294 e. The van der Waals surface area contributed by atoms with Crippen molar-refractivity contribution in [1.82, 2.24) is 9.47 Å². The fraction of sp³-hybridized carbons (Fsp3) is 0.182. The van der Waals surface area contributed by atoms with E-state index in [1.54, 1.807) is 6.07 Å². The van der Waals surface area contributed by atoms with Gasteiger partial charge in [0.1, 0.15) is 29.0 Å². The Bertz CT molecular complexity index is 1780. The van der Waals surface area contributed by atoms with E-state index in [-0.39, 0.29) is 30.8 Å². The summed E-state index contributed by atoms with van der Waals surface area (Å²) in [5, 5.41) is 10.9. The van der Waals surface area contributed by atoms with Crippen molar-refractivity contribution in [3.05, 3.63) is 141 Å². The van der Waals surface area contributed by atoms with E-state index in [1.165, 1.54) is 29.3 Å². The molecular formula is C33H27F4N3O4. The van der Waals surface area contributed by atoms with E-state index >= 15 is 0 Å². The van der Waals surface area contributed by atoms with Gasteiger partial charge in [-0.3, -0.25) is 14.4 Å². The van der Waals surface area contributed by atoms with E-state index in [0.717, 1.165) is 16.3 Å². The molecule has 1 amide bonds. The number of nitrogens with zero attached hydrogens (tertiary/aromatic N) is 3. The van der Waals surface area contributed by atoms with Crippen molar-refractivity contribution in [1.29, 1.82) is 0 Å². The van der Waals surface area contributed by atoms with Crippen LogP contribution in [0.15, 0.2) is 89.9 Å². The number of carbonyl (C=O) groups excluding carboxylic acids is 2. The molecule has 44 heavy (non-hydrogen) atoms. The second-order valence-electron chi connectivity index (χ2n) is 10.3. The summed E-state index contributed by atoms with van der Waals surface area (Å²) < 4.78 is 57.8. The van der Waals surface area contributed by atoms with Gasteiger partial charge in [0, 0.05) is 73.8 Å². The molecule has 1 fully saturated rings. The molecule has 0 unspecified atom stereocenters. The van der Waals surface area contributed by atoms with E-state index in [9.17, 15) is 37.1 Å². The standard InChI is InChI=1S/C33H27F4N3O4/c34-23-16-28(36)25(29(37)17-23)14-21-15-26(32(43)40(19-21)20-22-6-4-5-9-27(22)35)30(41)18-31(42)33(44)39-12-10-38(11-13-39)24-7-2-1-3-8-24/h1-9,15-19,41H,10-14,20H2/b30-18-. The Morgan fingerprint density at radius 1 is 0.818 bits per heavy atom. The van der Waals surface area contributed by atoms with E-state index < -0.39 is 63.8 Å². The lowest BCUT2D eigenvalue weighted by atomic mass is 10.0. The highest BCUT2D eigenvalue weighted by Crippen LogP contribution is 2.21. The van der Waals surface area contributed by atoms with Gasteiger partial charge in [0.25, 0.3) is 11.5 Å². The topological polar surface area (TPSA) is 82.8 Å². The number of ketones is 1. The van der Waals surface area contributed by atoms with Gasteiger partial charge >= 0.3 is 0 Å². The fourth-order valence-corrected chi connectivity index (χ4v) is 5.08. The molecule has 11 heteroatoms. The fourth-order valence-electron chi connectivity index (χ4n) is 5.08. The number of amides is 1. The molecule has 1 aromatic heterocycles. The van der Waals surface area contributed by atoms with Crippen molar-refractivity contribution < 1.29 is 32.3 Å². The molecular weight excluding hydrogens is 578 g/mol. The number of pyridine rings is 1. The molecule has 1 N–H and O–H groups in total. The molecule has 0 aliphatic carbocycles. The summed E-state index contributed by atoms with van der Waals surface area (Å²) in [7, 11) is 0. The van der Waals surface area contributed by atoms with Crippen molar-refractivity contribution >= 4 is 23.1 Å². The minimum atomic E-state index is -1.16. The van der Waals surface area contributed by atoms with Crippen LogP contribution in [0, 0.1) is 23.3 Å². The van der Waals surface area contributed by atoms with Crippen LogP contribution in [0.3, 0.4) is 0 Å². The summed E-state index contributed by atoms with van der Waals surface area (Å²) in [4.78, 5) is 42.6. The maximum atomic E-state index is 14.4. The number of rotatable bonds is 8. The molecule has 1 aliphatic heterocycles. The number of piperazine rings is 1. The second kappa shape index (κ2) is 13.0. The summed E-state index contributed by atoms with van der Waals surface area (Å²) in [6, 6.07) is 17.3. The molecule has 1 saturated heterocycles. The van der Waals surface area contributed by atoms with Crippen molar-refractivity contribution in [2.75, 3.05) is 31.1 Å². The second-order valence-corrected chi connectivity index (χ2v) is 10.3. The first-order valence-corrected chi connectivity index (χ1v) is 13.7. The number of aromatic nitrogens is 1. The van der Waals surface area contributed by atoms with Crippen LogP contribution in [0.5, 0.6) is 0 Å². The van der Waals surface area contributed by atoms with Crippen LogP contribution < -0.4 is 10.5 Å². The maximum Gasteiger partial charge on any atom is 0.294 e. The predicted octanol–water partition coefficient (Wildman–Crippen LogP) is 4.86. The Balaban J connectivity index is 1.42. The highest BCUT2D eigenvalue weighted by atomic mass is 19.1. The van der Waals surface area contributed by atoms with Crippen LogP contribution in [0.2, 0.25) is 0 Å². The molecule has 1 aliphatic rings. The zero-order chi connectivity index (χ0) is 31.4. The summed E-state index contributed by atoms with van der Waals surface area (Å²) in [5.74, 6) is -6.85. The van der Waals surface area contributed by atoms with Gasteiger partial charge < -0.3 is 19.5 Å². The molecule has 7 nitrogen and oxygen atoms in total. The largest absolute Gasteiger partial charge is 0.507 e. The lowest BCUT2D eigenvalue weighted by Gasteiger charge is -2.35. The lowest BCUT2D eigenvalue weighted by Crippen LogP contribution is -2.50. The van der Waals surface area contributed by atoms with Crippen molar-refractivity contribution in [2.45, 2.75) is 13.0 Å². The molecule has 2 heterocycles. The van der Waals surface area contributed by atoms with Gasteiger partial charge in [-0.1, -0.05) is 36.4 Å². The summed E-state index contributed by atoms with van der Waals surface area (Å²) in [6.45, 7) is 1.17. The van der Waals surface area contributed by atoms with Crippen molar-refractivity contribution in [3.8, 4) is 0 Å². The van der Waals surface area contributed by atoms with Crippen LogP contribution in [-0.2, 0) is 22.6 Å². The molecule has 0 spiro atoms. The predicted molar refractivity (Wildman–Crippen MR) is 156 cm³/mol. The van der Waals surface area contributed by atoms with Gasteiger partial charge in [0.2, 0.25) is 5.78 Å². The third kappa shape index (κ3) is 6.72. The maximum absolute atomic E-state index is 14.4. The number of para-hydroxylation sites is 1. The Kier molecular flexibility index (Phi) is 8.94. The molecule has 5 rings (SSSR count). The molecule has 0 bridgehead atoms. The van der Waals surface area contributed by atoms with E-state index in [2.05, 4.69) is 4.90 Å². The van der Waals surface area contributed by atoms with E-state index in [0.29, 0.717) is 31.3 Å². The molecule has 4 aromatic rings. The van der Waals surface area contributed by atoms with Crippen molar-refractivity contribution in [2.24, 2.45) is 0 Å². The van der Waals surface area contributed by atoms with Gasteiger partial charge in [0.05, 0.1) is 12.1 Å². The minimum absolute atomic E-state index is 0.0936. The van der Waals surface area contributed by atoms with Crippen LogP contribution in [0.4, 0.5) is 23.2 Å². The zero-order valence-electron chi connectivity index (χ0n) is 23.4. The van der Waals surface area contributed by atoms with Gasteiger partial charge in [-0.25, -0.2) is 17.6 Å². The van der Waals surface area contributed by atoms with Gasteiger partial charge in [-0.05, 0) is 29.8 Å².